The van der Waals surface area contributed by atoms with Gasteiger partial charge in [0.05, 0.1) is 5.69 Å². The minimum Gasteiger partial charge on any atom is -0.384 e. The largest absolute Gasteiger partial charge is 0.384 e. The molecule has 0 spiro atoms. The molecule has 1 aliphatic rings. The van der Waals surface area contributed by atoms with Crippen molar-refractivity contribution in [2.75, 3.05) is 42.9 Å². The maximum absolute atomic E-state index is 13.9. The molecular formula is C21H26FN3O. The predicted octanol–water partition coefficient (Wildman–Crippen LogP) is 3.59. The monoisotopic (exact) mass is 355 g/mol. The molecule has 1 N–H and O–H groups in total. The Labute approximate surface area is 154 Å². The average Bonchev–Trinajstić information content (AvgIpc) is 2.64. The number of carbonyl (C=O) groups excluding carboxylic acids is 1. The molecule has 5 heteroatoms. The van der Waals surface area contributed by atoms with Gasteiger partial charge in [-0.05, 0) is 37.6 Å². The van der Waals surface area contributed by atoms with Gasteiger partial charge in [-0.1, -0.05) is 29.8 Å². The second-order valence-electron chi connectivity index (χ2n) is 6.81. The molecule has 3 rings (SSSR count). The van der Waals surface area contributed by atoms with Crippen molar-refractivity contribution in [3.05, 3.63) is 59.4 Å². The number of nitrogens with one attached hydrogen (secondary N) is 1. The molecule has 1 heterocycles. The van der Waals surface area contributed by atoms with Gasteiger partial charge in [-0.25, -0.2) is 4.39 Å². The number of amides is 1. The summed E-state index contributed by atoms with van der Waals surface area (Å²) in [5, 5.41) is 3.34. The molecular weight excluding hydrogens is 329 g/mol. The number of nitrogens with zero attached hydrogens (tertiary/aromatic N) is 2. The predicted molar refractivity (Wildman–Crippen MR) is 104 cm³/mol. The van der Waals surface area contributed by atoms with Crippen LogP contribution >= 0.6 is 0 Å². The lowest BCUT2D eigenvalue weighted by atomic mass is 10.1. The lowest BCUT2D eigenvalue weighted by Crippen LogP contribution is -2.49. The zero-order valence-corrected chi connectivity index (χ0v) is 15.5. The van der Waals surface area contributed by atoms with Crippen LogP contribution in [0.1, 0.15) is 17.5 Å². The average molecular weight is 355 g/mol. The number of hydrogen-bond donors (Lipinski definition) is 1. The Morgan fingerprint density at radius 1 is 1.08 bits per heavy atom. The maximum atomic E-state index is 13.9. The van der Waals surface area contributed by atoms with E-state index in [-0.39, 0.29) is 11.7 Å². The van der Waals surface area contributed by atoms with Gasteiger partial charge in [0.2, 0.25) is 5.91 Å². The van der Waals surface area contributed by atoms with E-state index in [1.165, 1.54) is 17.2 Å². The quantitative estimate of drug-likeness (QED) is 0.890. The Hall–Kier alpha value is -2.56. The molecule has 2 aromatic rings. The third-order valence-corrected chi connectivity index (χ3v) is 4.86. The molecule has 0 radical (unpaired) electrons. The van der Waals surface area contributed by atoms with Gasteiger partial charge in [0.15, 0.2) is 0 Å². The molecule has 26 heavy (non-hydrogen) atoms. The van der Waals surface area contributed by atoms with Crippen LogP contribution in [0, 0.1) is 19.7 Å². The SMILES string of the molecule is Cc1ccc(NCCC(=O)N2CCN(c3ccccc3F)CC2)c(C)c1. The molecule has 138 valence electrons. The Bertz CT molecular complexity index is 770. The summed E-state index contributed by atoms with van der Waals surface area (Å²) in [5.41, 5.74) is 4.12. The summed E-state index contributed by atoms with van der Waals surface area (Å²) < 4.78 is 13.9. The van der Waals surface area contributed by atoms with Gasteiger partial charge in [-0.15, -0.1) is 0 Å². The van der Waals surface area contributed by atoms with E-state index in [9.17, 15) is 9.18 Å². The number of benzene rings is 2. The fourth-order valence-electron chi connectivity index (χ4n) is 3.38. The van der Waals surface area contributed by atoms with Crippen LogP contribution < -0.4 is 10.2 Å². The first-order valence-corrected chi connectivity index (χ1v) is 9.13. The third kappa shape index (κ3) is 4.34. The van der Waals surface area contributed by atoms with Crippen molar-refractivity contribution in [1.82, 2.24) is 4.90 Å². The first-order chi connectivity index (χ1) is 12.5. The number of rotatable bonds is 5. The number of anilines is 2. The number of aryl methyl sites for hydroxylation is 2. The minimum absolute atomic E-state index is 0.149. The summed E-state index contributed by atoms with van der Waals surface area (Å²) in [6.07, 6.45) is 0.465. The van der Waals surface area contributed by atoms with Crippen molar-refractivity contribution in [3.63, 3.8) is 0 Å². The van der Waals surface area contributed by atoms with Gasteiger partial charge in [0, 0.05) is 44.8 Å². The highest BCUT2D eigenvalue weighted by Gasteiger charge is 2.22. The second-order valence-corrected chi connectivity index (χ2v) is 6.81. The van der Waals surface area contributed by atoms with Crippen LogP contribution in [0.25, 0.3) is 0 Å². The van der Waals surface area contributed by atoms with E-state index in [0.717, 1.165) is 5.69 Å². The zero-order chi connectivity index (χ0) is 18.5. The molecule has 0 aromatic heterocycles. The van der Waals surface area contributed by atoms with E-state index in [4.69, 9.17) is 0 Å². The van der Waals surface area contributed by atoms with Gasteiger partial charge in [-0.2, -0.15) is 0 Å². The summed E-state index contributed by atoms with van der Waals surface area (Å²) >= 11 is 0. The topological polar surface area (TPSA) is 35.6 Å². The highest BCUT2D eigenvalue weighted by Crippen LogP contribution is 2.20. The van der Waals surface area contributed by atoms with Crippen LogP contribution in [0.15, 0.2) is 42.5 Å². The molecule has 0 atom stereocenters. The highest BCUT2D eigenvalue weighted by atomic mass is 19.1. The molecule has 4 nitrogen and oxygen atoms in total. The van der Waals surface area contributed by atoms with Crippen LogP contribution in [0.5, 0.6) is 0 Å². The molecule has 0 unspecified atom stereocenters. The number of carbonyl (C=O) groups is 1. The highest BCUT2D eigenvalue weighted by molar-refractivity contribution is 5.77. The molecule has 1 fully saturated rings. The molecule has 1 amide bonds. The van der Waals surface area contributed by atoms with E-state index in [1.54, 1.807) is 12.1 Å². The first-order valence-electron chi connectivity index (χ1n) is 9.13. The van der Waals surface area contributed by atoms with Crippen molar-refractivity contribution in [3.8, 4) is 0 Å². The zero-order valence-electron chi connectivity index (χ0n) is 15.5. The lowest BCUT2D eigenvalue weighted by molar-refractivity contribution is -0.131. The van der Waals surface area contributed by atoms with Crippen molar-refractivity contribution < 1.29 is 9.18 Å². The number of halogens is 1. The summed E-state index contributed by atoms with van der Waals surface area (Å²) in [4.78, 5) is 16.3. The lowest BCUT2D eigenvalue weighted by Gasteiger charge is -2.36. The van der Waals surface area contributed by atoms with Crippen LogP contribution in [0.2, 0.25) is 0 Å². The van der Waals surface area contributed by atoms with E-state index < -0.39 is 0 Å². The summed E-state index contributed by atoms with van der Waals surface area (Å²) in [7, 11) is 0. The van der Waals surface area contributed by atoms with Crippen molar-refractivity contribution in [1.29, 1.82) is 0 Å². The maximum Gasteiger partial charge on any atom is 0.224 e. The molecule has 1 aliphatic heterocycles. The van der Waals surface area contributed by atoms with Crippen LogP contribution in [-0.4, -0.2) is 43.5 Å². The van der Waals surface area contributed by atoms with E-state index in [0.29, 0.717) is 44.8 Å². The summed E-state index contributed by atoms with van der Waals surface area (Å²) in [6.45, 7) is 7.36. The Kier molecular flexibility index (Phi) is 5.76. The minimum atomic E-state index is -0.204. The molecule has 0 bridgehead atoms. The Morgan fingerprint density at radius 3 is 2.50 bits per heavy atom. The number of para-hydroxylation sites is 1. The van der Waals surface area contributed by atoms with Gasteiger partial charge >= 0.3 is 0 Å². The molecule has 2 aromatic carbocycles. The van der Waals surface area contributed by atoms with Crippen molar-refractivity contribution >= 4 is 17.3 Å². The van der Waals surface area contributed by atoms with Gasteiger partial charge in [0.25, 0.3) is 0 Å². The molecule has 0 saturated carbocycles. The fourth-order valence-corrected chi connectivity index (χ4v) is 3.38. The van der Waals surface area contributed by atoms with Crippen LogP contribution in [0.3, 0.4) is 0 Å². The second kappa shape index (κ2) is 8.21. The summed E-state index contributed by atoms with van der Waals surface area (Å²) in [5.74, 6) is -0.0552. The Balaban J connectivity index is 1.46. The molecule has 1 saturated heterocycles. The van der Waals surface area contributed by atoms with Crippen molar-refractivity contribution in [2.24, 2.45) is 0 Å². The van der Waals surface area contributed by atoms with Gasteiger partial charge in [0.1, 0.15) is 5.82 Å². The smallest absolute Gasteiger partial charge is 0.224 e. The number of hydrogen-bond acceptors (Lipinski definition) is 3. The number of piperazine rings is 1. The molecule has 0 aliphatic carbocycles. The standard InChI is InChI=1S/C21H26FN3O/c1-16-7-8-19(17(2)15-16)23-10-9-21(26)25-13-11-24(12-14-25)20-6-4-3-5-18(20)22/h3-8,15,23H,9-14H2,1-2H3. The van der Waals surface area contributed by atoms with Gasteiger partial charge < -0.3 is 15.1 Å². The van der Waals surface area contributed by atoms with Crippen LogP contribution in [-0.2, 0) is 4.79 Å². The van der Waals surface area contributed by atoms with E-state index >= 15 is 0 Å². The van der Waals surface area contributed by atoms with Crippen LogP contribution in [0.4, 0.5) is 15.8 Å². The third-order valence-electron chi connectivity index (χ3n) is 4.86. The normalized spacial score (nSPS) is 14.4. The van der Waals surface area contributed by atoms with Crippen molar-refractivity contribution in [2.45, 2.75) is 20.3 Å². The van der Waals surface area contributed by atoms with E-state index in [1.807, 2.05) is 15.9 Å². The summed E-state index contributed by atoms with van der Waals surface area (Å²) in [6, 6.07) is 13.1. The van der Waals surface area contributed by atoms with Gasteiger partial charge in [-0.3, -0.25) is 4.79 Å². The van der Waals surface area contributed by atoms with E-state index in [2.05, 4.69) is 37.4 Å². The Morgan fingerprint density at radius 2 is 1.81 bits per heavy atom. The first kappa shape index (κ1) is 18.2. The fraction of sp³-hybridized carbons (Fsp3) is 0.381.